The third-order valence-corrected chi connectivity index (χ3v) is 4.90. The molecule has 0 spiro atoms. The van der Waals surface area contributed by atoms with Gasteiger partial charge in [0.15, 0.2) is 0 Å². The fourth-order valence-electron chi connectivity index (χ4n) is 2.94. The number of amidine groups is 1. The maximum absolute atomic E-state index is 12.1. The number of carboxylic acid groups (broad SMARTS) is 1. The van der Waals surface area contributed by atoms with Crippen LogP contribution in [0.3, 0.4) is 0 Å². The van der Waals surface area contributed by atoms with E-state index in [9.17, 15) is 9.59 Å². The van der Waals surface area contributed by atoms with Crippen LogP contribution >= 0.6 is 11.8 Å². The van der Waals surface area contributed by atoms with Gasteiger partial charge in [-0.1, -0.05) is 17.8 Å². The zero-order valence-electron chi connectivity index (χ0n) is 10.5. The van der Waals surface area contributed by atoms with Crippen molar-refractivity contribution in [1.29, 1.82) is 0 Å². The molecule has 0 aliphatic carbocycles. The summed E-state index contributed by atoms with van der Waals surface area (Å²) >= 11 is 1.84. The van der Waals surface area contributed by atoms with Crippen LogP contribution in [0.2, 0.25) is 0 Å². The highest BCUT2D eigenvalue weighted by molar-refractivity contribution is 8.00. The molecule has 2 N–H and O–H groups in total. The molecule has 4 rings (SSSR count). The highest BCUT2D eigenvalue weighted by Crippen LogP contribution is 2.38. The molecule has 0 aromatic rings. The molecule has 2 unspecified atom stereocenters. The van der Waals surface area contributed by atoms with E-state index in [-0.39, 0.29) is 17.6 Å². The summed E-state index contributed by atoms with van der Waals surface area (Å²) in [5.74, 6) is 1.79. The number of carbonyl (C=O) groups excluding carboxylic acids is 1. The number of β-lactam (4-membered cyclic amide) rings is 1. The molecule has 6 nitrogen and oxygen atoms in total. The van der Waals surface area contributed by atoms with Gasteiger partial charge < -0.3 is 5.11 Å². The summed E-state index contributed by atoms with van der Waals surface area (Å²) in [6.45, 7) is 0. The van der Waals surface area contributed by atoms with Gasteiger partial charge in [0.05, 0.1) is 11.8 Å². The van der Waals surface area contributed by atoms with E-state index in [4.69, 9.17) is 5.11 Å². The SMILES string of the molecule is O=C(O)C1=CCC2C(=CC3=C[NH+]4CSCC4=N3)C(=O)N12. The maximum Gasteiger partial charge on any atom is 0.352 e. The van der Waals surface area contributed by atoms with E-state index in [1.807, 2.05) is 24.0 Å². The van der Waals surface area contributed by atoms with Gasteiger partial charge in [-0.05, 0) is 12.5 Å². The predicted molar refractivity (Wildman–Crippen MR) is 72.9 cm³/mol. The summed E-state index contributed by atoms with van der Waals surface area (Å²) in [7, 11) is 0. The maximum atomic E-state index is 12.1. The molecule has 4 aliphatic heterocycles. The van der Waals surface area contributed by atoms with E-state index in [1.54, 1.807) is 6.08 Å². The van der Waals surface area contributed by atoms with Crippen LogP contribution in [0.15, 0.2) is 40.3 Å². The van der Waals surface area contributed by atoms with Crippen LogP contribution in [0.1, 0.15) is 6.42 Å². The van der Waals surface area contributed by atoms with Crippen molar-refractivity contribution in [3.8, 4) is 0 Å². The number of fused-ring (bicyclic) bond motifs is 2. The smallest absolute Gasteiger partial charge is 0.352 e. The number of hydrogen-bond acceptors (Lipinski definition) is 4. The number of amides is 1. The number of rotatable bonds is 2. The molecule has 1 amide bonds. The number of aliphatic carboxylic acids is 1. The molecule has 4 aliphatic rings. The quantitative estimate of drug-likeness (QED) is 0.523. The van der Waals surface area contributed by atoms with Crippen molar-refractivity contribution in [2.24, 2.45) is 4.99 Å². The van der Waals surface area contributed by atoms with Crippen molar-refractivity contribution in [3.63, 3.8) is 0 Å². The van der Waals surface area contributed by atoms with Gasteiger partial charge >= 0.3 is 5.97 Å². The summed E-state index contributed by atoms with van der Waals surface area (Å²) in [6, 6.07) is -0.116. The Morgan fingerprint density at radius 3 is 3.20 bits per heavy atom. The minimum absolute atomic E-state index is 0.103. The van der Waals surface area contributed by atoms with Crippen LogP contribution in [0.4, 0.5) is 0 Å². The highest BCUT2D eigenvalue weighted by atomic mass is 32.2. The van der Waals surface area contributed by atoms with Crippen LogP contribution in [0.5, 0.6) is 0 Å². The van der Waals surface area contributed by atoms with Gasteiger partial charge in [-0.25, -0.2) is 4.79 Å². The highest BCUT2D eigenvalue weighted by Gasteiger charge is 2.48. The lowest BCUT2D eigenvalue weighted by molar-refractivity contribution is -0.724. The number of allylic oxidation sites excluding steroid dienone is 1. The van der Waals surface area contributed by atoms with Crippen LogP contribution < -0.4 is 4.90 Å². The number of carbonyl (C=O) groups is 2. The number of thioether (sulfide) groups is 1. The molecule has 0 radical (unpaired) electrons. The van der Waals surface area contributed by atoms with Gasteiger partial charge in [-0.2, -0.15) is 4.99 Å². The average molecular weight is 290 g/mol. The second-order valence-corrected chi connectivity index (χ2v) is 6.05. The van der Waals surface area contributed by atoms with E-state index in [0.717, 1.165) is 23.2 Å². The summed E-state index contributed by atoms with van der Waals surface area (Å²) in [5.41, 5.74) is 1.59. The fraction of sp³-hybridized carbons (Fsp3) is 0.308. The molecule has 7 heteroatoms. The van der Waals surface area contributed by atoms with Crippen molar-refractivity contribution in [1.82, 2.24) is 4.90 Å². The average Bonchev–Trinajstić information content (AvgIpc) is 3.07. The van der Waals surface area contributed by atoms with E-state index in [1.165, 1.54) is 9.80 Å². The molecular formula is C13H12N3O3S+. The molecule has 102 valence electrons. The van der Waals surface area contributed by atoms with E-state index >= 15 is 0 Å². The molecule has 2 fully saturated rings. The standard InChI is InChI=1S/C13H11N3O3S/c17-12-8(9-1-2-10(13(18)19)16(9)12)3-7-4-15-6-20-5-11(15)14-7/h2-4,9H,1,5-6H2,(H,18,19)/p+1. The van der Waals surface area contributed by atoms with Gasteiger partial charge in [0.1, 0.15) is 23.5 Å². The van der Waals surface area contributed by atoms with E-state index in [2.05, 4.69) is 4.99 Å². The second kappa shape index (κ2) is 4.07. The lowest BCUT2D eigenvalue weighted by atomic mass is 9.94. The number of quaternary nitrogens is 1. The number of carboxylic acids is 1. The Bertz CT molecular complexity index is 662. The first-order valence-electron chi connectivity index (χ1n) is 6.37. The van der Waals surface area contributed by atoms with Gasteiger partial charge in [0.25, 0.3) is 5.91 Å². The van der Waals surface area contributed by atoms with Crippen molar-refractivity contribution >= 4 is 29.5 Å². The summed E-state index contributed by atoms with van der Waals surface area (Å²) in [6.07, 6.45) is 6.03. The molecular weight excluding hydrogens is 278 g/mol. The number of nitrogens with one attached hydrogen (secondary N) is 1. The Kier molecular flexibility index (Phi) is 2.42. The molecule has 2 atom stereocenters. The van der Waals surface area contributed by atoms with Gasteiger partial charge in [-0.3, -0.25) is 14.6 Å². The molecule has 0 aromatic heterocycles. The lowest BCUT2D eigenvalue weighted by Gasteiger charge is -2.38. The first kappa shape index (κ1) is 11.9. The zero-order valence-corrected chi connectivity index (χ0v) is 11.3. The molecule has 20 heavy (non-hydrogen) atoms. The lowest BCUT2D eigenvalue weighted by Crippen LogP contribution is -3.07. The topological polar surface area (TPSA) is 74.4 Å². The van der Waals surface area contributed by atoms with E-state index < -0.39 is 5.97 Å². The minimum atomic E-state index is -1.04. The Labute approximate surface area is 119 Å². The third-order valence-electron chi connectivity index (χ3n) is 3.91. The van der Waals surface area contributed by atoms with Crippen LogP contribution in [0, 0.1) is 0 Å². The fourth-order valence-corrected chi connectivity index (χ4v) is 3.95. The molecule has 2 saturated heterocycles. The van der Waals surface area contributed by atoms with Crippen molar-refractivity contribution in [3.05, 3.63) is 35.3 Å². The van der Waals surface area contributed by atoms with Crippen LogP contribution in [-0.2, 0) is 9.59 Å². The summed E-state index contributed by atoms with van der Waals surface area (Å²) in [4.78, 5) is 30.2. The Balaban J connectivity index is 1.57. The Morgan fingerprint density at radius 2 is 2.45 bits per heavy atom. The van der Waals surface area contributed by atoms with Crippen molar-refractivity contribution in [2.75, 3.05) is 11.6 Å². The molecule has 4 heterocycles. The molecule has 0 aromatic carbocycles. The first-order chi connectivity index (χ1) is 9.65. The molecule has 0 bridgehead atoms. The van der Waals surface area contributed by atoms with Crippen molar-refractivity contribution in [2.45, 2.75) is 12.5 Å². The number of hydrogen-bond donors (Lipinski definition) is 2. The minimum Gasteiger partial charge on any atom is -0.477 e. The first-order valence-corrected chi connectivity index (χ1v) is 7.52. The normalized spacial score (nSPS) is 32.6. The van der Waals surface area contributed by atoms with Gasteiger partial charge in [0, 0.05) is 5.57 Å². The van der Waals surface area contributed by atoms with Crippen LogP contribution in [0.25, 0.3) is 0 Å². The van der Waals surface area contributed by atoms with Crippen molar-refractivity contribution < 1.29 is 19.6 Å². The van der Waals surface area contributed by atoms with E-state index in [0.29, 0.717) is 12.0 Å². The summed E-state index contributed by atoms with van der Waals surface area (Å²) < 4.78 is 0. The third kappa shape index (κ3) is 1.53. The number of nitrogens with zero attached hydrogens (tertiary/aromatic N) is 2. The summed E-state index contributed by atoms with van der Waals surface area (Å²) in [5, 5.41) is 9.01. The molecule has 0 saturated carbocycles. The Hall–Kier alpha value is -1.86. The predicted octanol–water partition coefficient (Wildman–Crippen LogP) is -0.661. The van der Waals surface area contributed by atoms with Gasteiger partial charge in [-0.15, -0.1) is 0 Å². The Morgan fingerprint density at radius 1 is 1.60 bits per heavy atom. The second-order valence-electron chi connectivity index (χ2n) is 5.07. The number of aliphatic imine (C=N–C) groups is 1. The largest absolute Gasteiger partial charge is 0.477 e. The van der Waals surface area contributed by atoms with Gasteiger partial charge in [0.2, 0.25) is 5.84 Å². The van der Waals surface area contributed by atoms with Crippen LogP contribution in [-0.4, -0.2) is 45.4 Å². The zero-order chi connectivity index (χ0) is 13.9. The monoisotopic (exact) mass is 290 g/mol.